The molecule has 3 aromatic heterocycles. The van der Waals surface area contributed by atoms with E-state index >= 15 is 0 Å². The number of likely N-dealkylation sites (tertiary alicyclic amines) is 1. The molecule has 0 bridgehead atoms. The predicted octanol–water partition coefficient (Wildman–Crippen LogP) is 2.83. The average Bonchev–Trinajstić information content (AvgIpc) is 3.25. The zero-order valence-corrected chi connectivity index (χ0v) is 17.8. The van der Waals surface area contributed by atoms with Crippen molar-refractivity contribution in [2.24, 2.45) is 0 Å². The van der Waals surface area contributed by atoms with Crippen LogP contribution in [0.3, 0.4) is 0 Å². The van der Waals surface area contributed by atoms with Gasteiger partial charge in [-0.1, -0.05) is 30.3 Å². The average molecular weight is 428 g/mol. The van der Waals surface area contributed by atoms with E-state index in [0.717, 1.165) is 66.9 Å². The highest BCUT2D eigenvalue weighted by Gasteiger charge is 2.42. The number of nitrogen functional groups attached to an aromatic ring is 1. The molecule has 0 saturated carbocycles. The van der Waals surface area contributed by atoms with Gasteiger partial charge in [0.15, 0.2) is 5.65 Å². The van der Waals surface area contributed by atoms with Crippen molar-refractivity contribution in [3.8, 4) is 11.1 Å². The third-order valence-corrected chi connectivity index (χ3v) is 6.63. The Labute approximate surface area is 186 Å². The standard InChI is InChI=1S/C24H25N7O/c25-23-27-13-19-6-11-32-24(21(19)29-23)7-9-30(10-8-24)15-17-12-26-22-20(14-28-31(22)16-17)18-4-2-1-3-5-18/h1-5,12-14,16H,6-11,15H2,(H2,25,27,29). The second-order valence-corrected chi connectivity index (χ2v) is 8.63. The summed E-state index contributed by atoms with van der Waals surface area (Å²) in [5.74, 6) is 0.324. The van der Waals surface area contributed by atoms with Crippen LogP contribution in [0.5, 0.6) is 0 Å². The van der Waals surface area contributed by atoms with Gasteiger partial charge in [0.1, 0.15) is 5.60 Å². The molecule has 8 nitrogen and oxygen atoms in total. The number of hydrogen-bond donors (Lipinski definition) is 1. The lowest BCUT2D eigenvalue weighted by Crippen LogP contribution is -2.47. The Bertz CT molecular complexity index is 1260. The Balaban J connectivity index is 1.18. The number of piperidine rings is 1. The Kier molecular flexibility index (Phi) is 4.62. The van der Waals surface area contributed by atoms with Crippen LogP contribution in [0, 0.1) is 0 Å². The molecule has 5 heterocycles. The van der Waals surface area contributed by atoms with Gasteiger partial charge in [0.05, 0.1) is 18.5 Å². The van der Waals surface area contributed by atoms with Crippen molar-refractivity contribution in [2.75, 3.05) is 25.4 Å². The molecule has 0 atom stereocenters. The normalized spacial score (nSPS) is 18.1. The minimum atomic E-state index is -0.337. The first-order chi connectivity index (χ1) is 15.7. The van der Waals surface area contributed by atoms with Crippen molar-refractivity contribution in [3.63, 3.8) is 0 Å². The summed E-state index contributed by atoms with van der Waals surface area (Å²) >= 11 is 0. The molecule has 1 spiro atoms. The minimum absolute atomic E-state index is 0.324. The molecule has 2 aliphatic rings. The van der Waals surface area contributed by atoms with Crippen molar-refractivity contribution in [1.29, 1.82) is 0 Å². The van der Waals surface area contributed by atoms with Crippen molar-refractivity contribution < 1.29 is 4.74 Å². The zero-order valence-electron chi connectivity index (χ0n) is 17.8. The quantitative estimate of drug-likeness (QED) is 0.537. The summed E-state index contributed by atoms with van der Waals surface area (Å²) in [5.41, 5.74) is 11.9. The summed E-state index contributed by atoms with van der Waals surface area (Å²) in [6.45, 7) is 3.40. The molecule has 1 aromatic carbocycles. The maximum atomic E-state index is 6.29. The first-order valence-electron chi connectivity index (χ1n) is 11.1. The van der Waals surface area contributed by atoms with Gasteiger partial charge >= 0.3 is 0 Å². The van der Waals surface area contributed by atoms with E-state index in [1.54, 1.807) is 0 Å². The first kappa shape index (κ1) is 19.3. The summed E-state index contributed by atoms with van der Waals surface area (Å²) in [6.07, 6.45) is 10.4. The molecule has 6 rings (SSSR count). The second kappa shape index (κ2) is 7.65. The fourth-order valence-corrected chi connectivity index (χ4v) is 4.95. The molecule has 2 aliphatic heterocycles. The molecule has 2 N–H and O–H groups in total. The number of hydrogen-bond acceptors (Lipinski definition) is 7. The molecule has 1 saturated heterocycles. The molecule has 0 aliphatic carbocycles. The molecule has 0 unspecified atom stereocenters. The van der Waals surface area contributed by atoms with Crippen LogP contribution in [-0.2, 0) is 23.3 Å². The van der Waals surface area contributed by atoms with Gasteiger partial charge in [-0.2, -0.15) is 5.10 Å². The molecule has 0 radical (unpaired) electrons. The summed E-state index contributed by atoms with van der Waals surface area (Å²) in [7, 11) is 0. The molecule has 1 fully saturated rings. The van der Waals surface area contributed by atoms with E-state index in [1.165, 1.54) is 5.56 Å². The van der Waals surface area contributed by atoms with Gasteiger partial charge in [-0.3, -0.25) is 4.90 Å². The van der Waals surface area contributed by atoms with Gasteiger partial charge in [0.2, 0.25) is 5.95 Å². The topological polar surface area (TPSA) is 94.5 Å². The van der Waals surface area contributed by atoms with Crippen LogP contribution >= 0.6 is 0 Å². The lowest BCUT2D eigenvalue weighted by molar-refractivity contribution is -0.102. The highest BCUT2D eigenvalue weighted by molar-refractivity contribution is 5.76. The maximum Gasteiger partial charge on any atom is 0.220 e. The molecular weight excluding hydrogens is 402 g/mol. The number of rotatable bonds is 3. The number of nitrogens with two attached hydrogens (primary N) is 1. The Hall–Kier alpha value is -3.36. The van der Waals surface area contributed by atoms with Gasteiger partial charge in [0, 0.05) is 49.4 Å². The first-order valence-corrected chi connectivity index (χ1v) is 11.1. The second-order valence-electron chi connectivity index (χ2n) is 8.63. The molecule has 32 heavy (non-hydrogen) atoms. The Morgan fingerprint density at radius 2 is 1.88 bits per heavy atom. The van der Waals surface area contributed by atoms with Crippen LogP contribution in [0.2, 0.25) is 0 Å². The van der Waals surface area contributed by atoms with Gasteiger partial charge in [-0.25, -0.2) is 19.5 Å². The number of anilines is 1. The van der Waals surface area contributed by atoms with Crippen LogP contribution < -0.4 is 5.73 Å². The van der Waals surface area contributed by atoms with Gasteiger partial charge in [0.25, 0.3) is 0 Å². The maximum absolute atomic E-state index is 6.29. The van der Waals surface area contributed by atoms with Gasteiger partial charge < -0.3 is 10.5 Å². The summed E-state index contributed by atoms with van der Waals surface area (Å²) in [4.78, 5) is 15.9. The van der Waals surface area contributed by atoms with E-state index in [9.17, 15) is 0 Å². The minimum Gasteiger partial charge on any atom is -0.368 e. The van der Waals surface area contributed by atoms with Gasteiger partial charge in [-0.05, 0) is 30.4 Å². The van der Waals surface area contributed by atoms with Crippen LogP contribution in [0.15, 0.2) is 55.1 Å². The fraction of sp³-hybridized carbons (Fsp3) is 0.333. The molecule has 4 aromatic rings. The Morgan fingerprint density at radius 3 is 2.72 bits per heavy atom. The van der Waals surface area contributed by atoms with E-state index in [0.29, 0.717) is 12.6 Å². The smallest absolute Gasteiger partial charge is 0.220 e. The molecule has 8 heteroatoms. The molecule has 162 valence electrons. The lowest BCUT2D eigenvalue weighted by Gasteiger charge is -2.44. The monoisotopic (exact) mass is 427 g/mol. The highest BCUT2D eigenvalue weighted by atomic mass is 16.5. The van der Waals surface area contributed by atoms with Crippen molar-refractivity contribution >= 4 is 11.6 Å². The van der Waals surface area contributed by atoms with E-state index < -0.39 is 0 Å². The number of ether oxygens (including phenoxy) is 1. The number of benzene rings is 1. The van der Waals surface area contributed by atoms with E-state index in [4.69, 9.17) is 15.5 Å². The predicted molar refractivity (Wildman–Crippen MR) is 121 cm³/mol. The van der Waals surface area contributed by atoms with Crippen LogP contribution in [0.1, 0.15) is 29.7 Å². The van der Waals surface area contributed by atoms with Crippen molar-refractivity contribution in [3.05, 3.63) is 71.9 Å². The fourth-order valence-electron chi connectivity index (χ4n) is 4.95. The van der Waals surface area contributed by atoms with Crippen LogP contribution in [0.25, 0.3) is 16.8 Å². The van der Waals surface area contributed by atoms with E-state index in [2.05, 4.69) is 38.3 Å². The number of fused-ring (bicyclic) bond motifs is 3. The summed E-state index contributed by atoms with van der Waals surface area (Å²) in [5, 5.41) is 4.54. The number of nitrogens with zero attached hydrogens (tertiary/aromatic N) is 6. The van der Waals surface area contributed by atoms with Gasteiger partial charge in [-0.15, -0.1) is 0 Å². The summed E-state index contributed by atoms with van der Waals surface area (Å²) < 4.78 is 8.17. The van der Waals surface area contributed by atoms with E-state index in [-0.39, 0.29) is 5.60 Å². The third-order valence-electron chi connectivity index (χ3n) is 6.63. The summed E-state index contributed by atoms with van der Waals surface area (Å²) in [6, 6.07) is 10.2. The number of aromatic nitrogens is 5. The largest absolute Gasteiger partial charge is 0.368 e. The van der Waals surface area contributed by atoms with Crippen LogP contribution in [0.4, 0.5) is 5.95 Å². The van der Waals surface area contributed by atoms with Crippen molar-refractivity contribution in [1.82, 2.24) is 29.5 Å². The highest BCUT2D eigenvalue weighted by Crippen LogP contribution is 2.40. The Morgan fingerprint density at radius 1 is 1.03 bits per heavy atom. The third kappa shape index (κ3) is 3.32. The lowest BCUT2D eigenvalue weighted by atomic mass is 9.83. The zero-order chi connectivity index (χ0) is 21.5. The van der Waals surface area contributed by atoms with Crippen LogP contribution in [-0.4, -0.2) is 49.2 Å². The van der Waals surface area contributed by atoms with Crippen molar-refractivity contribution in [2.45, 2.75) is 31.4 Å². The molecule has 0 amide bonds. The SMILES string of the molecule is Nc1ncc2c(n1)C1(CCN(Cc3cnc4c(-c5ccccc5)cnn4c3)CC1)OCC2. The molecular formula is C24H25N7O. The van der Waals surface area contributed by atoms with E-state index in [1.807, 2.05) is 41.3 Å².